The summed E-state index contributed by atoms with van der Waals surface area (Å²) in [6.07, 6.45) is 5.74. The van der Waals surface area contributed by atoms with Gasteiger partial charge in [0.15, 0.2) is 0 Å². The molecule has 2 aromatic rings. The fourth-order valence-electron chi connectivity index (χ4n) is 3.21. The number of aromatic nitrogens is 2. The summed E-state index contributed by atoms with van der Waals surface area (Å²) in [5.74, 6) is 0. The fraction of sp³-hybridized carbons (Fsp3) is 0.500. The quantitative estimate of drug-likeness (QED) is 0.919. The second-order valence-electron chi connectivity index (χ2n) is 6.01. The predicted octanol–water partition coefficient (Wildman–Crippen LogP) is 4.01. The molecule has 3 nitrogen and oxygen atoms in total. The van der Waals surface area contributed by atoms with Gasteiger partial charge >= 0.3 is 0 Å². The van der Waals surface area contributed by atoms with Crippen molar-refractivity contribution < 1.29 is 0 Å². The lowest BCUT2D eigenvalue weighted by Crippen LogP contribution is -2.36. The number of H-pyrrole nitrogens is 1. The van der Waals surface area contributed by atoms with Crippen molar-refractivity contribution in [3.8, 4) is 0 Å². The summed E-state index contributed by atoms with van der Waals surface area (Å²) in [5.41, 5.74) is 5.08. The van der Waals surface area contributed by atoms with Crippen LogP contribution in [-0.2, 0) is 6.42 Å². The van der Waals surface area contributed by atoms with Crippen LogP contribution >= 0.6 is 0 Å². The zero-order chi connectivity index (χ0) is 14.8. The van der Waals surface area contributed by atoms with Crippen LogP contribution in [0.3, 0.4) is 0 Å². The molecule has 2 heterocycles. The Hall–Kier alpha value is -1.61. The highest BCUT2D eigenvalue weighted by molar-refractivity contribution is 5.92. The van der Waals surface area contributed by atoms with Gasteiger partial charge in [-0.15, -0.1) is 0 Å². The molecular formula is C18H25N3. The zero-order valence-corrected chi connectivity index (χ0v) is 13.3. The first-order valence-electron chi connectivity index (χ1n) is 8.14. The Balaban J connectivity index is 1.96. The van der Waals surface area contributed by atoms with Crippen LogP contribution < -0.4 is 0 Å². The first-order chi connectivity index (χ1) is 10.2. The van der Waals surface area contributed by atoms with E-state index in [1.807, 2.05) is 0 Å². The van der Waals surface area contributed by atoms with E-state index in [9.17, 15) is 0 Å². The summed E-state index contributed by atoms with van der Waals surface area (Å²) in [7, 11) is 0. The average Bonchev–Trinajstić information content (AvgIpc) is 2.98. The van der Waals surface area contributed by atoms with E-state index in [1.54, 1.807) is 0 Å². The monoisotopic (exact) mass is 283 g/mol. The van der Waals surface area contributed by atoms with Gasteiger partial charge in [0.1, 0.15) is 0 Å². The lowest BCUT2D eigenvalue weighted by molar-refractivity contribution is 0.227. The van der Waals surface area contributed by atoms with Crippen molar-refractivity contribution in [2.75, 3.05) is 13.1 Å². The molecule has 112 valence electrons. The molecular weight excluding hydrogens is 258 g/mol. The van der Waals surface area contributed by atoms with Crippen molar-refractivity contribution in [2.45, 2.75) is 46.1 Å². The summed E-state index contributed by atoms with van der Waals surface area (Å²) in [4.78, 5) is 2.57. The van der Waals surface area contributed by atoms with Crippen LogP contribution in [0, 0.1) is 0 Å². The van der Waals surface area contributed by atoms with Gasteiger partial charge in [0.2, 0.25) is 0 Å². The number of nitrogens with zero attached hydrogens (tertiary/aromatic N) is 2. The van der Waals surface area contributed by atoms with E-state index in [1.165, 1.54) is 35.0 Å². The lowest BCUT2D eigenvalue weighted by Gasteiger charge is -2.31. The molecule has 3 rings (SSSR count). The van der Waals surface area contributed by atoms with Crippen LogP contribution in [0.15, 0.2) is 24.3 Å². The van der Waals surface area contributed by atoms with E-state index in [4.69, 9.17) is 0 Å². The number of nitrogens with one attached hydrogen (secondary N) is 1. The third kappa shape index (κ3) is 2.62. The first-order valence-corrected chi connectivity index (χ1v) is 8.14. The molecule has 1 N–H and O–H groups in total. The van der Waals surface area contributed by atoms with Crippen molar-refractivity contribution in [3.05, 3.63) is 35.5 Å². The molecule has 0 spiro atoms. The van der Waals surface area contributed by atoms with Gasteiger partial charge in [0.25, 0.3) is 0 Å². The molecule has 1 unspecified atom stereocenters. The highest BCUT2D eigenvalue weighted by atomic mass is 15.2. The zero-order valence-electron chi connectivity index (χ0n) is 13.3. The molecule has 0 saturated heterocycles. The maximum absolute atomic E-state index is 4.63. The standard InChI is InChI=1S/C18H25N3/c1-4-13(3)21-11-7-9-15(12-21)18-16-10-6-8-14(5-2)17(16)19-20-18/h6,8-10,13H,4-5,7,11-12H2,1-3H3,(H,19,20). The Kier molecular flexibility index (Phi) is 4.11. The second kappa shape index (κ2) is 6.02. The van der Waals surface area contributed by atoms with Crippen LogP contribution in [-0.4, -0.2) is 34.2 Å². The molecule has 0 radical (unpaired) electrons. The van der Waals surface area contributed by atoms with Crippen LogP contribution in [0.5, 0.6) is 0 Å². The van der Waals surface area contributed by atoms with E-state index in [-0.39, 0.29) is 0 Å². The average molecular weight is 283 g/mol. The van der Waals surface area contributed by atoms with Crippen LogP contribution in [0.4, 0.5) is 0 Å². The number of hydrogen-bond acceptors (Lipinski definition) is 2. The van der Waals surface area contributed by atoms with Crippen molar-refractivity contribution in [1.29, 1.82) is 0 Å². The minimum Gasteiger partial charge on any atom is -0.296 e. The maximum atomic E-state index is 4.63. The fourth-order valence-corrected chi connectivity index (χ4v) is 3.21. The highest BCUT2D eigenvalue weighted by Gasteiger charge is 2.20. The smallest absolute Gasteiger partial charge is 0.0969 e. The molecule has 1 aromatic heterocycles. The SMILES string of the molecule is CCc1cccc2c(C3=CCCN(C(C)CC)C3)n[nH]c12. The Labute approximate surface area is 127 Å². The minimum absolute atomic E-state index is 0.644. The van der Waals surface area contributed by atoms with E-state index < -0.39 is 0 Å². The topological polar surface area (TPSA) is 31.9 Å². The van der Waals surface area contributed by atoms with Gasteiger partial charge in [0.05, 0.1) is 11.2 Å². The lowest BCUT2D eigenvalue weighted by atomic mass is 10.00. The summed E-state index contributed by atoms with van der Waals surface area (Å²) >= 11 is 0. The number of benzene rings is 1. The summed E-state index contributed by atoms with van der Waals surface area (Å²) in [5, 5.41) is 9.15. The van der Waals surface area contributed by atoms with Gasteiger partial charge in [-0.25, -0.2) is 0 Å². The Bertz CT molecular complexity index is 654. The molecule has 1 aromatic carbocycles. The largest absolute Gasteiger partial charge is 0.296 e. The van der Waals surface area contributed by atoms with Gasteiger partial charge in [-0.3, -0.25) is 10.00 Å². The summed E-state index contributed by atoms with van der Waals surface area (Å²) < 4.78 is 0. The number of fused-ring (bicyclic) bond motifs is 1. The highest BCUT2D eigenvalue weighted by Crippen LogP contribution is 2.28. The number of hydrogen-bond donors (Lipinski definition) is 1. The van der Waals surface area contributed by atoms with E-state index in [2.05, 4.69) is 60.1 Å². The summed E-state index contributed by atoms with van der Waals surface area (Å²) in [6, 6.07) is 7.17. The Morgan fingerprint density at radius 3 is 2.95 bits per heavy atom. The molecule has 21 heavy (non-hydrogen) atoms. The normalized spacial score (nSPS) is 18.0. The Morgan fingerprint density at radius 1 is 1.33 bits per heavy atom. The molecule has 0 fully saturated rings. The number of rotatable bonds is 4. The van der Waals surface area contributed by atoms with Crippen LogP contribution in [0.2, 0.25) is 0 Å². The van der Waals surface area contributed by atoms with Crippen molar-refractivity contribution in [1.82, 2.24) is 15.1 Å². The van der Waals surface area contributed by atoms with E-state index >= 15 is 0 Å². The Morgan fingerprint density at radius 2 is 2.19 bits per heavy atom. The van der Waals surface area contributed by atoms with Crippen molar-refractivity contribution >= 4 is 16.5 Å². The van der Waals surface area contributed by atoms with Gasteiger partial charge < -0.3 is 0 Å². The van der Waals surface area contributed by atoms with Crippen LogP contribution in [0.25, 0.3) is 16.5 Å². The molecule has 0 aliphatic carbocycles. The van der Waals surface area contributed by atoms with Gasteiger partial charge in [-0.05, 0) is 37.3 Å². The summed E-state index contributed by atoms with van der Waals surface area (Å²) in [6.45, 7) is 8.97. The third-order valence-electron chi connectivity index (χ3n) is 4.77. The van der Waals surface area contributed by atoms with E-state index in [0.29, 0.717) is 6.04 Å². The minimum atomic E-state index is 0.644. The molecule has 0 saturated carbocycles. The van der Waals surface area contributed by atoms with Gasteiger partial charge in [-0.1, -0.05) is 38.1 Å². The molecule has 1 aliphatic heterocycles. The number of aryl methyl sites for hydroxylation is 1. The molecule has 3 heteroatoms. The predicted molar refractivity (Wildman–Crippen MR) is 89.4 cm³/mol. The van der Waals surface area contributed by atoms with E-state index in [0.717, 1.165) is 25.1 Å². The maximum Gasteiger partial charge on any atom is 0.0969 e. The second-order valence-corrected chi connectivity index (χ2v) is 6.01. The number of para-hydroxylation sites is 1. The molecule has 0 bridgehead atoms. The van der Waals surface area contributed by atoms with Gasteiger partial charge in [-0.2, -0.15) is 5.10 Å². The molecule has 0 amide bonds. The van der Waals surface area contributed by atoms with Gasteiger partial charge in [0, 0.05) is 24.5 Å². The van der Waals surface area contributed by atoms with Crippen molar-refractivity contribution in [2.24, 2.45) is 0 Å². The van der Waals surface area contributed by atoms with Crippen molar-refractivity contribution in [3.63, 3.8) is 0 Å². The van der Waals surface area contributed by atoms with Crippen LogP contribution in [0.1, 0.15) is 44.9 Å². The first kappa shape index (κ1) is 14.3. The number of aromatic amines is 1. The molecule has 1 aliphatic rings. The third-order valence-corrected chi connectivity index (χ3v) is 4.77. The molecule has 1 atom stereocenters.